The van der Waals surface area contributed by atoms with Gasteiger partial charge >= 0.3 is 0 Å². The predicted octanol–water partition coefficient (Wildman–Crippen LogP) is 7.66. The van der Waals surface area contributed by atoms with Crippen LogP contribution < -0.4 is 16.0 Å². The van der Waals surface area contributed by atoms with E-state index in [1.165, 1.54) is 5.57 Å². The van der Waals surface area contributed by atoms with Crippen LogP contribution in [0.15, 0.2) is 118 Å². The molecule has 3 N–H and O–H groups in total. The third-order valence-corrected chi connectivity index (χ3v) is 8.71. The van der Waals surface area contributed by atoms with Gasteiger partial charge in [-0.05, 0) is 79.6 Å². The number of nitrogens with one attached hydrogen (secondary N) is 3. The maximum atomic E-state index is 13.2. The van der Waals surface area contributed by atoms with Crippen molar-refractivity contribution in [3.05, 3.63) is 108 Å². The summed E-state index contributed by atoms with van der Waals surface area (Å²) in [6, 6.07) is 0.0651. The topological polar surface area (TPSA) is 81.1 Å². The summed E-state index contributed by atoms with van der Waals surface area (Å²) in [5.41, 5.74) is 8.26. The molecule has 0 saturated carbocycles. The van der Waals surface area contributed by atoms with Crippen LogP contribution >= 0.6 is 0 Å². The van der Waals surface area contributed by atoms with E-state index in [2.05, 4.69) is 111 Å². The van der Waals surface area contributed by atoms with Crippen LogP contribution in [0.25, 0.3) is 0 Å². The zero-order chi connectivity index (χ0) is 33.8. The number of carbonyl (C=O) groups is 1. The smallest absolute Gasteiger partial charge is 0.224 e. The highest BCUT2D eigenvalue weighted by atomic mass is 16.1. The molecular weight excluding hydrogens is 568 g/mol. The number of carbonyl (C=O) groups excluding carboxylic acids is 1. The van der Waals surface area contributed by atoms with E-state index in [0.717, 1.165) is 71.8 Å². The van der Waals surface area contributed by atoms with Crippen molar-refractivity contribution in [1.29, 1.82) is 0 Å². The van der Waals surface area contributed by atoms with Gasteiger partial charge in [0.1, 0.15) is 0 Å². The Kier molecular flexibility index (Phi) is 13.9. The molecule has 0 aromatic rings. The highest BCUT2D eigenvalue weighted by Gasteiger charge is 2.22. The van der Waals surface area contributed by atoms with E-state index in [1.807, 2.05) is 17.9 Å². The average molecular weight is 625 g/mol. The number of rotatable bonds is 11. The molecule has 3 aliphatic rings. The number of guanidine groups is 1. The van der Waals surface area contributed by atoms with Crippen molar-refractivity contribution in [3.8, 4) is 0 Å². The van der Waals surface area contributed by atoms with Crippen LogP contribution in [-0.4, -0.2) is 48.7 Å². The van der Waals surface area contributed by atoms with Gasteiger partial charge in [0.25, 0.3) is 0 Å². The molecular formula is C39H56N6O. The van der Waals surface area contributed by atoms with Crippen LogP contribution in [0, 0.1) is 17.8 Å². The summed E-state index contributed by atoms with van der Waals surface area (Å²) in [5, 5.41) is 10.3. The summed E-state index contributed by atoms with van der Waals surface area (Å²) in [7, 11) is 1.72. The molecule has 7 nitrogen and oxygen atoms in total. The third kappa shape index (κ3) is 10.7. The summed E-state index contributed by atoms with van der Waals surface area (Å²) in [5.74, 6) is 1.24. The number of amides is 1. The van der Waals surface area contributed by atoms with Crippen molar-refractivity contribution < 1.29 is 4.79 Å². The Bertz CT molecular complexity index is 1400. The van der Waals surface area contributed by atoms with Gasteiger partial charge in [0, 0.05) is 55.4 Å². The number of hydrogen-bond acceptors (Lipinski definition) is 4. The van der Waals surface area contributed by atoms with E-state index in [0.29, 0.717) is 31.4 Å². The van der Waals surface area contributed by atoms with E-state index >= 15 is 0 Å². The lowest BCUT2D eigenvalue weighted by Gasteiger charge is -2.27. The maximum absolute atomic E-state index is 13.2. The Morgan fingerprint density at radius 3 is 2.63 bits per heavy atom. The normalized spacial score (nSPS) is 24.2. The Labute approximate surface area is 278 Å². The zero-order valence-electron chi connectivity index (χ0n) is 29.1. The van der Waals surface area contributed by atoms with Gasteiger partial charge in [0.2, 0.25) is 11.9 Å². The number of aliphatic imine (C=N–C) groups is 2. The van der Waals surface area contributed by atoms with Gasteiger partial charge in [0.05, 0.1) is 5.71 Å². The van der Waals surface area contributed by atoms with Gasteiger partial charge in [-0.2, -0.15) is 0 Å². The Hall–Kier alpha value is -4.13. The molecule has 3 rings (SSSR count). The van der Waals surface area contributed by atoms with E-state index in [-0.39, 0.29) is 23.8 Å². The van der Waals surface area contributed by atoms with Gasteiger partial charge in [-0.1, -0.05) is 90.5 Å². The second-order valence-corrected chi connectivity index (χ2v) is 13.0. The van der Waals surface area contributed by atoms with Crippen molar-refractivity contribution in [3.63, 3.8) is 0 Å². The van der Waals surface area contributed by atoms with Crippen LogP contribution in [0.3, 0.4) is 0 Å². The van der Waals surface area contributed by atoms with Crippen molar-refractivity contribution in [1.82, 2.24) is 20.9 Å². The quantitative estimate of drug-likeness (QED) is 0.163. The number of allylic oxidation sites excluding steroid dienone is 10. The van der Waals surface area contributed by atoms with Gasteiger partial charge in [-0.25, -0.2) is 4.99 Å². The fraction of sp³-hybridized carbons (Fsp3) is 0.462. The first-order valence-electron chi connectivity index (χ1n) is 16.7. The zero-order valence-corrected chi connectivity index (χ0v) is 29.1. The van der Waals surface area contributed by atoms with E-state index < -0.39 is 0 Å². The molecule has 0 spiro atoms. The lowest BCUT2D eigenvalue weighted by atomic mass is 9.94. The minimum atomic E-state index is 0.00827. The van der Waals surface area contributed by atoms with Gasteiger partial charge in [0.15, 0.2) is 0 Å². The summed E-state index contributed by atoms with van der Waals surface area (Å²) in [4.78, 5) is 24.7. The van der Waals surface area contributed by atoms with E-state index in [1.54, 1.807) is 7.05 Å². The monoisotopic (exact) mass is 624 g/mol. The molecule has 1 heterocycles. The largest absolute Gasteiger partial charge is 0.380 e. The molecule has 0 radical (unpaired) electrons. The van der Waals surface area contributed by atoms with Crippen LogP contribution in [0.1, 0.15) is 73.1 Å². The average Bonchev–Trinajstić information content (AvgIpc) is 3.18. The molecule has 3 unspecified atom stereocenters. The number of nitrogens with zero attached hydrogens (tertiary/aromatic N) is 3. The first-order chi connectivity index (χ1) is 21.9. The number of hydrogen-bond donors (Lipinski definition) is 3. The molecule has 3 atom stereocenters. The van der Waals surface area contributed by atoms with Gasteiger partial charge in [-0.15, -0.1) is 0 Å². The van der Waals surface area contributed by atoms with Crippen LogP contribution in [0.4, 0.5) is 0 Å². The molecule has 1 amide bonds. The fourth-order valence-corrected chi connectivity index (χ4v) is 5.87. The first-order valence-corrected chi connectivity index (χ1v) is 16.7. The van der Waals surface area contributed by atoms with E-state index in [4.69, 9.17) is 4.99 Å². The summed E-state index contributed by atoms with van der Waals surface area (Å²) in [6.45, 7) is 28.1. The second kappa shape index (κ2) is 17.5. The highest BCUT2D eigenvalue weighted by molar-refractivity contribution is 6.07. The molecule has 7 heteroatoms. The first kappa shape index (κ1) is 36.3. The molecule has 0 saturated heterocycles. The maximum Gasteiger partial charge on any atom is 0.224 e. The summed E-state index contributed by atoms with van der Waals surface area (Å²) >= 11 is 0. The van der Waals surface area contributed by atoms with Gasteiger partial charge < -0.3 is 20.9 Å². The molecule has 0 aromatic heterocycles. The SMILES string of the molecule is C=CC1=C/C(C)CCC(NC(=O)CCN(C(=C)C)C(=NC)/N=C(/C(=C)NCC2=CC3=C(CC=C2)CCC(=C)N3)C(C)C)C(C)/C=C\1. The summed E-state index contributed by atoms with van der Waals surface area (Å²) < 4.78 is 0. The molecule has 248 valence electrons. The minimum absolute atomic E-state index is 0.00827. The fourth-order valence-electron chi connectivity index (χ4n) is 5.87. The Balaban J connectivity index is 1.67. The second-order valence-electron chi connectivity index (χ2n) is 13.0. The van der Waals surface area contributed by atoms with Crippen molar-refractivity contribution >= 4 is 17.6 Å². The minimum Gasteiger partial charge on any atom is -0.380 e. The van der Waals surface area contributed by atoms with Crippen LogP contribution in [0.5, 0.6) is 0 Å². The third-order valence-electron chi connectivity index (χ3n) is 8.71. The van der Waals surface area contributed by atoms with Crippen LogP contribution in [-0.2, 0) is 4.79 Å². The van der Waals surface area contributed by atoms with Crippen molar-refractivity contribution in [2.45, 2.75) is 79.2 Å². The Morgan fingerprint density at radius 2 is 1.96 bits per heavy atom. The molecule has 0 fully saturated rings. The summed E-state index contributed by atoms with van der Waals surface area (Å²) in [6.07, 6.45) is 20.2. The molecule has 0 aromatic carbocycles. The van der Waals surface area contributed by atoms with Crippen molar-refractivity contribution in [2.75, 3.05) is 20.1 Å². The van der Waals surface area contributed by atoms with Gasteiger partial charge in [-0.3, -0.25) is 9.79 Å². The van der Waals surface area contributed by atoms with Crippen LogP contribution in [0.2, 0.25) is 0 Å². The predicted molar refractivity (Wildman–Crippen MR) is 196 cm³/mol. The van der Waals surface area contributed by atoms with E-state index in [9.17, 15) is 4.79 Å². The highest BCUT2D eigenvalue weighted by Crippen LogP contribution is 2.27. The standard InChI is InChI=1S/C39H56N6O/c1-11-32-18-16-29(7)35(20-15-28(6)23-32)43-37(46)21-22-45(27(4)5)39(40-10)44-38(26(2)3)31(9)41-25-33-13-12-14-34-19-17-30(8)42-36(34)24-33/h11-13,16,18,23-24,26,28-29,35,41-42H,1,4,8-9,14-15,17,19-22,25H2,2-3,5-7,10H3,(H,43,46)/b18-16-,32-23-,40-39?,44-38+. The van der Waals surface area contributed by atoms with Crippen molar-refractivity contribution in [2.24, 2.45) is 27.7 Å². The molecule has 0 bridgehead atoms. The lowest BCUT2D eigenvalue weighted by Crippen LogP contribution is -2.41. The molecule has 2 aliphatic carbocycles. The molecule has 1 aliphatic heterocycles. The lowest BCUT2D eigenvalue weighted by molar-refractivity contribution is -0.122. The molecule has 46 heavy (non-hydrogen) atoms. The Morgan fingerprint density at radius 1 is 1.20 bits per heavy atom.